The summed E-state index contributed by atoms with van der Waals surface area (Å²) >= 11 is 0. The molecule has 11 rings (SSSR count). The number of fused-ring (bicyclic) bond motifs is 7. The number of nitrogens with zero attached hydrogens (tertiary/aromatic N) is 3. The van der Waals surface area contributed by atoms with Crippen LogP contribution in [0.15, 0.2) is 182 Å². The Morgan fingerprint density at radius 1 is 0.509 bits per heavy atom. The van der Waals surface area contributed by atoms with Crippen LogP contribution < -0.4 is 9.47 Å². The molecule has 0 saturated heterocycles. The Balaban J connectivity index is 0.943. The highest BCUT2D eigenvalue weighted by Gasteiger charge is 2.24. The van der Waals surface area contributed by atoms with Crippen LogP contribution in [0.3, 0.4) is 0 Å². The lowest BCUT2D eigenvalue weighted by molar-refractivity contribution is 0.360. The number of aromatic nitrogens is 3. The van der Waals surface area contributed by atoms with Gasteiger partial charge in [0.1, 0.15) is 0 Å². The van der Waals surface area contributed by atoms with Crippen LogP contribution in [-0.4, -0.2) is 14.5 Å². The minimum atomic E-state index is 0.240. The van der Waals surface area contributed by atoms with E-state index in [1.807, 2.05) is 60.7 Å². The number of para-hydroxylation sites is 2. The van der Waals surface area contributed by atoms with Crippen LogP contribution in [0.5, 0.6) is 23.0 Å². The summed E-state index contributed by atoms with van der Waals surface area (Å²) in [5.74, 6) is 3.84. The summed E-state index contributed by atoms with van der Waals surface area (Å²) < 4.78 is 15.2. The van der Waals surface area contributed by atoms with Crippen molar-refractivity contribution in [3.63, 3.8) is 0 Å². The van der Waals surface area contributed by atoms with E-state index in [2.05, 4.69) is 126 Å². The number of hydrogen-bond donors (Lipinski definition) is 0. The predicted molar refractivity (Wildman–Crippen MR) is 223 cm³/mol. The number of allylic oxidation sites excluding steroid dienone is 4. The summed E-state index contributed by atoms with van der Waals surface area (Å²) in [7, 11) is 0. The van der Waals surface area contributed by atoms with Gasteiger partial charge in [0, 0.05) is 45.1 Å². The van der Waals surface area contributed by atoms with Crippen molar-refractivity contribution >= 4 is 38.3 Å². The fraction of sp³-hybridized carbons (Fsp3) is 0.0400. The lowest BCUT2D eigenvalue weighted by atomic mass is 9.91. The van der Waals surface area contributed by atoms with Crippen molar-refractivity contribution in [3.8, 4) is 56.9 Å². The topological polar surface area (TPSA) is 49.2 Å². The van der Waals surface area contributed by atoms with Gasteiger partial charge >= 0.3 is 0 Å². The molecule has 1 unspecified atom stereocenters. The molecule has 0 bridgehead atoms. The van der Waals surface area contributed by atoms with Crippen molar-refractivity contribution in [1.82, 2.24) is 14.5 Å². The fourth-order valence-corrected chi connectivity index (χ4v) is 8.08. The Labute approximate surface area is 318 Å². The lowest BCUT2D eigenvalue weighted by Crippen LogP contribution is -2.03. The molecule has 260 valence electrons. The molecule has 2 aromatic heterocycles. The van der Waals surface area contributed by atoms with Crippen molar-refractivity contribution in [2.75, 3.05) is 0 Å². The SMILES string of the molecule is C1=CC(c2ccc(-c3nc(-c4ccccc4)cc(-c4ccccc4)n3)cc2)CC=C1n1c2cc3c(cc2c2c4ccccc4ccc21)Oc1ccccc1O3. The van der Waals surface area contributed by atoms with E-state index in [4.69, 9.17) is 19.4 Å². The zero-order valence-corrected chi connectivity index (χ0v) is 29.8. The van der Waals surface area contributed by atoms with E-state index in [0.29, 0.717) is 11.6 Å². The molecule has 5 heteroatoms. The molecule has 0 amide bonds. The number of hydrogen-bond acceptors (Lipinski definition) is 4. The molecule has 5 nitrogen and oxygen atoms in total. The highest BCUT2D eigenvalue weighted by Crippen LogP contribution is 2.49. The molecule has 0 saturated carbocycles. The van der Waals surface area contributed by atoms with Crippen LogP contribution in [0.4, 0.5) is 0 Å². The summed E-state index contributed by atoms with van der Waals surface area (Å²) in [5, 5.41) is 4.77. The molecule has 1 aliphatic carbocycles. The largest absolute Gasteiger partial charge is 0.449 e. The predicted octanol–water partition coefficient (Wildman–Crippen LogP) is 13.2. The second-order valence-electron chi connectivity index (χ2n) is 14.1. The van der Waals surface area contributed by atoms with Gasteiger partial charge in [-0.2, -0.15) is 0 Å². The Hall–Kier alpha value is -7.24. The minimum absolute atomic E-state index is 0.240. The van der Waals surface area contributed by atoms with Crippen molar-refractivity contribution in [1.29, 1.82) is 0 Å². The standard InChI is InChI=1S/C50H33N3O2/c1-3-12-35(13-4-1)41-30-42(36-14-5-2-6-15-36)52-50(51-41)37-21-19-32(20-22-37)33-23-26-38(27-24-33)53-43-28-25-34-11-7-8-16-39(34)49(43)40-29-47-48(31-44(40)53)55-46-18-10-9-17-45(46)54-47/h1-23,25-31,33H,24H2. The third-order valence-electron chi connectivity index (χ3n) is 10.8. The molecule has 1 atom stereocenters. The van der Waals surface area contributed by atoms with Crippen LogP contribution in [0.2, 0.25) is 0 Å². The molecule has 0 radical (unpaired) electrons. The number of benzene rings is 7. The highest BCUT2D eigenvalue weighted by atomic mass is 16.6. The Kier molecular flexibility index (Phi) is 7.24. The van der Waals surface area contributed by atoms with E-state index in [-0.39, 0.29) is 5.92 Å². The third-order valence-corrected chi connectivity index (χ3v) is 10.8. The normalized spacial score (nSPS) is 14.6. The van der Waals surface area contributed by atoms with Crippen molar-refractivity contribution < 1.29 is 9.47 Å². The Morgan fingerprint density at radius 3 is 1.82 bits per heavy atom. The molecule has 9 aromatic rings. The lowest BCUT2D eigenvalue weighted by Gasteiger charge is -2.21. The van der Waals surface area contributed by atoms with Gasteiger partial charge < -0.3 is 14.0 Å². The molecule has 2 aliphatic rings. The van der Waals surface area contributed by atoms with Crippen LogP contribution in [-0.2, 0) is 0 Å². The quantitative estimate of drug-likeness (QED) is 0.179. The van der Waals surface area contributed by atoms with Gasteiger partial charge in [0.15, 0.2) is 28.8 Å². The molecule has 3 heterocycles. The van der Waals surface area contributed by atoms with Crippen LogP contribution in [0.1, 0.15) is 17.9 Å². The molecular weight excluding hydrogens is 675 g/mol. The van der Waals surface area contributed by atoms with Gasteiger partial charge in [-0.15, -0.1) is 0 Å². The van der Waals surface area contributed by atoms with E-state index in [1.165, 1.54) is 21.7 Å². The average Bonchev–Trinajstić information content (AvgIpc) is 3.58. The molecule has 0 fully saturated rings. The van der Waals surface area contributed by atoms with Crippen LogP contribution in [0.25, 0.3) is 72.2 Å². The first-order valence-corrected chi connectivity index (χ1v) is 18.7. The van der Waals surface area contributed by atoms with Gasteiger partial charge in [0.2, 0.25) is 0 Å². The van der Waals surface area contributed by atoms with E-state index in [0.717, 1.165) is 73.9 Å². The van der Waals surface area contributed by atoms with Crippen LogP contribution in [0, 0.1) is 0 Å². The first-order chi connectivity index (χ1) is 27.2. The highest BCUT2D eigenvalue weighted by molar-refractivity contribution is 6.22. The van der Waals surface area contributed by atoms with Crippen molar-refractivity contribution in [2.24, 2.45) is 0 Å². The minimum Gasteiger partial charge on any atom is -0.449 e. The Morgan fingerprint density at radius 2 is 1.15 bits per heavy atom. The monoisotopic (exact) mass is 707 g/mol. The second-order valence-corrected chi connectivity index (χ2v) is 14.1. The molecule has 7 aromatic carbocycles. The molecule has 1 aliphatic heterocycles. The first kappa shape index (κ1) is 31.3. The van der Waals surface area contributed by atoms with Gasteiger partial charge in [0.05, 0.1) is 22.4 Å². The van der Waals surface area contributed by atoms with Crippen molar-refractivity contribution in [2.45, 2.75) is 12.3 Å². The summed E-state index contributed by atoms with van der Waals surface area (Å²) in [5.41, 5.74) is 9.57. The number of ether oxygens (including phenoxy) is 2. The zero-order chi connectivity index (χ0) is 36.3. The molecular formula is C50H33N3O2. The summed E-state index contributed by atoms with van der Waals surface area (Å²) in [4.78, 5) is 10.1. The molecule has 0 spiro atoms. The maximum Gasteiger partial charge on any atom is 0.172 e. The van der Waals surface area contributed by atoms with Gasteiger partial charge in [-0.1, -0.05) is 140 Å². The third kappa shape index (κ3) is 5.40. The average molecular weight is 708 g/mol. The van der Waals surface area contributed by atoms with Gasteiger partial charge in [0.25, 0.3) is 0 Å². The van der Waals surface area contributed by atoms with Crippen molar-refractivity contribution in [3.05, 3.63) is 188 Å². The van der Waals surface area contributed by atoms with Crippen LogP contribution >= 0.6 is 0 Å². The molecule has 0 N–H and O–H groups in total. The van der Waals surface area contributed by atoms with Gasteiger partial charge in [-0.05, 0) is 59.2 Å². The fourth-order valence-electron chi connectivity index (χ4n) is 8.08. The summed E-state index contributed by atoms with van der Waals surface area (Å²) in [6.45, 7) is 0. The molecule has 55 heavy (non-hydrogen) atoms. The maximum absolute atomic E-state index is 6.40. The smallest absolute Gasteiger partial charge is 0.172 e. The Bertz CT molecular complexity index is 2940. The summed E-state index contributed by atoms with van der Waals surface area (Å²) in [6, 6.07) is 56.6. The van der Waals surface area contributed by atoms with Gasteiger partial charge in [-0.25, -0.2) is 9.97 Å². The van der Waals surface area contributed by atoms with E-state index in [1.54, 1.807) is 0 Å². The maximum atomic E-state index is 6.40. The van der Waals surface area contributed by atoms with E-state index >= 15 is 0 Å². The summed E-state index contributed by atoms with van der Waals surface area (Å²) in [6.07, 6.45) is 7.82. The first-order valence-electron chi connectivity index (χ1n) is 18.7. The van der Waals surface area contributed by atoms with Gasteiger partial charge in [-0.3, -0.25) is 0 Å². The zero-order valence-electron chi connectivity index (χ0n) is 29.8. The van der Waals surface area contributed by atoms with E-state index < -0.39 is 0 Å². The number of rotatable bonds is 5. The second kappa shape index (κ2) is 12.7. The van der Waals surface area contributed by atoms with E-state index in [9.17, 15) is 0 Å².